The summed E-state index contributed by atoms with van der Waals surface area (Å²) in [5, 5.41) is 5.43. The number of carbonyl (C=O) groups is 1. The number of nitrogens with zero attached hydrogens (tertiary/aromatic N) is 3. The molecule has 0 aliphatic heterocycles. The average Bonchev–Trinajstić information content (AvgIpc) is 3.40. The van der Waals surface area contributed by atoms with Gasteiger partial charge in [0.1, 0.15) is 17.2 Å². The molecule has 0 saturated carbocycles. The van der Waals surface area contributed by atoms with Gasteiger partial charge >= 0.3 is 6.18 Å². The van der Waals surface area contributed by atoms with Gasteiger partial charge in [-0.25, -0.2) is 4.98 Å². The lowest BCUT2D eigenvalue weighted by Crippen LogP contribution is -2.26. The minimum Gasteiger partial charge on any atom is -0.457 e. The number of amides is 1. The van der Waals surface area contributed by atoms with Crippen LogP contribution in [0.25, 0.3) is 11.5 Å². The van der Waals surface area contributed by atoms with Gasteiger partial charge in [-0.2, -0.15) is 13.2 Å². The van der Waals surface area contributed by atoms with Crippen LogP contribution in [0.1, 0.15) is 23.2 Å². The maximum Gasteiger partial charge on any atom is 0.417 e. The molecule has 0 bridgehead atoms. The number of rotatable bonds is 12. The molecule has 0 radical (unpaired) electrons. The summed E-state index contributed by atoms with van der Waals surface area (Å²) in [7, 11) is 4.05. The van der Waals surface area contributed by atoms with Crippen LogP contribution in [-0.2, 0) is 23.9 Å². The summed E-state index contributed by atoms with van der Waals surface area (Å²) in [4.78, 5) is 26.6. The third-order valence-electron chi connectivity index (χ3n) is 5.98. The first-order valence-electron chi connectivity index (χ1n) is 12.9. The molecule has 1 amide bonds. The van der Waals surface area contributed by atoms with Crippen LogP contribution in [0.15, 0.2) is 67.0 Å². The first kappa shape index (κ1) is 30.0. The molecule has 3 N–H and O–H groups in total. The summed E-state index contributed by atoms with van der Waals surface area (Å²) < 4.78 is 45.3. The van der Waals surface area contributed by atoms with Gasteiger partial charge in [0.15, 0.2) is 5.82 Å². The van der Waals surface area contributed by atoms with Crippen molar-refractivity contribution in [3.63, 3.8) is 0 Å². The summed E-state index contributed by atoms with van der Waals surface area (Å²) in [6.07, 6.45) is -0.774. The number of aryl methyl sites for hydroxylation is 1. The fraction of sp³-hybridized carbons (Fsp3) is 0.276. The number of benzene rings is 2. The van der Waals surface area contributed by atoms with Crippen molar-refractivity contribution in [3.05, 3.63) is 88.8 Å². The van der Waals surface area contributed by atoms with Gasteiger partial charge in [-0.15, -0.1) is 0 Å². The number of hydrogen-bond acceptors (Lipinski definition) is 6. The topological polar surface area (TPSA) is 95.2 Å². The maximum atomic E-state index is 13.1. The number of aromatic amines is 1. The number of hydrogen-bond donors (Lipinski definition) is 3. The summed E-state index contributed by atoms with van der Waals surface area (Å²) in [5.74, 6) is 1.34. The van der Waals surface area contributed by atoms with Gasteiger partial charge in [0, 0.05) is 49.7 Å². The highest BCUT2D eigenvalue weighted by atomic mass is 35.5. The number of carbonyl (C=O) groups excluding carboxylic acids is 1. The molecule has 2 heterocycles. The van der Waals surface area contributed by atoms with E-state index in [9.17, 15) is 18.0 Å². The number of aromatic nitrogens is 3. The lowest BCUT2D eigenvalue weighted by Gasteiger charge is -2.12. The monoisotopic (exact) mass is 586 g/mol. The highest BCUT2D eigenvalue weighted by molar-refractivity contribution is 6.31. The van der Waals surface area contributed by atoms with Gasteiger partial charge in [-0.1, -0.05) is 23.7 Å². The second-order valence-electron chi connectivity index (χ2n) is 9.60. The van der Waals surface area contributed by atoms with Crippen molar-refractivity contribution >= 4 is 23.2 Å². The Kier molecular flexibility index (Phi) is 9.98. The van der Waals surface area contributed by atoms with Crippen LogP contribution >= 0.6 is 11.6 Å². The molecule has 0 fully saturated rings. The molecular weight excluding hydrogens is 557 g/mol. The second-order valence-corrected chi connectivity index (χ2v) is 10.0. The molecule has 0 atom stereocenters. The molecule has 4 rings (SSSR count). The molecule has 0 aliphatic rings. The predicted molar refractivity (Wildman–Crippen MR) is 152 cm³/mol. The van der Waals surface area contributed by atoms with Crippen LogP contribution in [0.4, 0.5) is 18.9 Å². The van der Waals surface area contributed by atoms with E-state index in [0.717, 1.165) is 36.5 Å². The third kappa shape index (κ3) is 9.04. The zero-order valence-corrected chi connectivity index (χ0v) is 23.3. The molecule has 2 aromatic heterocycles. The molecule has 0 spiro atoms. The Balaban J connectivity index is 1.32. The predicted octanol–water partition coefficient (Wildman–Crippen LogP) is 6.16. The Morgan fingerprint density at radius 3 is 2.66 bits per heavy atom. The molecule has 41 heavy (non-hydrogen) atoms. The van der Waals surface area contributed by atoms with E-state index in [2.05, 4.69) is 30.5 Å². The summed E-state index contributed by atoms with van der Waals surface area (Å²) in [6, 6.07) is 14.0. The summed E-state index contributed by atoms with van der Waals surface area (Å²) in [6.45, 7) is 2.46. The van der Waals surface area contributed by atoms with Crippen LogP contribution in [-0.4, -0.2) is 52.9 Å². The van der Waals surface area contributed by atoms with Gasteiger partial charge in [0.25, 0.3) is 0 Å². The number of ether oxygens (including phenoxy) is 1. The molecule has 4 aromatic rings. The van der Waals surface area contributed by atoms with Crippen molar-refractivity contribution in [1.29, 1.82) is 0 Å². The minimum absolute atomic E-state index is 0.0292. The number of pyridine rings is 1. The number of imidazole rings is 1. The van der Waals surface area contributed by atoms with E-state index in [1.54, 1.807) is 30.6 Å². The number of alkyl halides is 3. The van der Waals surface area contributed by atoms with Crippen LogP contribution in [0.2, 0.25) is 5.02 Å². The molecule has 0 aliphatic carbocycles. The van der Waals surface area contributed by atoms with Crippen LogP contribution in [0.5, 0.6) is 11.5 Å². The fourth-order valence-electron chi connectivity index (χ4n) is 3.91. The number of halogens is 4. The largest absolute Gasteiger partial charge is 0.457 e. The van der Waals surface area contributed by atoms with Crippen LogP contribution in [0, 0.1) is 0 Å². The highest BCUT2D eigenvalue weighted by Gasteiger charge is 2.33. The molecule has 12 heteroatoms. The highest BCUT2D eigenvalue weighted by Crippen LogP contribution is 2.36. The number of likely N-dealkylation sites (N-methyl/N-ethyl adjacent to an activating group) is 1. The van der Waals surface area contributed by atoms with E-state index in [-0.39, 0.29) is 12.1 Å². The SMILES string of the molecule is CN(C)CCNCc1cnc(-c2cc(Oc3cccc(CCC(=O)Nc4ccc(Cl)c(C(F)(F)F)c4)c3)ccn2)[nH]1. The second kappa shape index (κ2) is 13.6. The lowest BCUT2D eigenvalue weighted by atomic mass is 10.1. The molecule has 2 aromatic carbocycles. The number of nitrogens with one attached hydrogen (secondary N) is 3. The van der Waals surface area contributed by atoms with Crippen molar-refractivity contribution in [1.82, 2.24) is 25.2 Å². The van der Waals surface area contributed by atoms with Crippen molar-refractivity contribution in [3.8, 4) is 23.0 Å². The first-order valence-corrected chi connectivity index (χ1v) is 13.2. The Morgan fingerprint density at radius 2 is 1.88 bits per heavy atom. The zero-order valence-electron chi connectivity index (χ0n) is 22.6. The van der Waals surface area contributed by atoms with Gasteiger partial charge < -0.3 is 25.3 Å². The molecule has 0 saturated heterocycles. The van der Waals surface area contributed by atoms with Crippen molar-refractivity contribution in [2.45, 2.75) is 25.6 Å². The normalized spacial score (nSPS) is 11.6. The van der Waals surface area contributed by atoms with Crippen molar-refractivity contribution in [2.75, 3.05) is 32.5 Å². The van der Waals surface area contributed by atoms with E-state index in [1.165, 1.54) is 6.07 Å². The van der Waals surface area contributed by atoms with Gasteiger partial charge in [-0.3, -0.25) is 9.78 Å². The zero-order chi connectivity index (χ0) is 29.4. The maximum absolute atomic E-state index is 13.1. The van der Waals surface area contributed by atoms with Gasteiger partial charge in [0.05, 0.1) is 16.8 Å². The van der Waals surface area contributed by atoms with Crippen LogP contribution in [0.3, 0.4) is 0 Å². The molecule has 8 nitrogen and oxygen atoms in total. The molecular formula is C29H30ClF3N6O2. The van der Waals surface area contributed by atoms with Gasteiger partial charge in [-0.05, 0) is 62.5 Å². The Hall–Kier alpha value is -3.93. The lowest BCUT2D eigenvalue weighted by molar-refractivity contribution is -0.137. The van der Waals surface area contributed by atoms with E-state index in [1.807, 2.05) is 32.3 Å². The quantitative estimate of drug-likeness (QED) is 0.172. The van der Waals surface area contributed by atoms with E-state index >= 15 is 0 Å². The smallest absolute Gasteiger partial charge is 0.417 e. The van der Waals surface area contributed by atoms with Gasteiger partial charge in [0.2, 0.25) is 5.91 Å². The van der Waals surface area contributed by atoms with E-state index in [0.29, 0.717) is 36.0 Å². The summed E-state index contributed by atoms with van der Waals surface area (Å²) in [5.41, 5.74) is 1.44. The third-order valence-corrected chi connectivity index (χ3v) is 6.31. The van der Waals surface area contributed by atoms with E-state index < -0.39 is 22.7 Å². The first-order chi connectivity index (χ1) is 19.6. The number of anilines is 1. The average molecular weight is 587 g/mol. The van der Waals surface area contributed by atoms with Crippen molar-refractivity contribution < 1.29 is 22.7 Å². The fourth-order valence-corrected chi connectivity index (χ4v) is 4.14. The Bertz CT molecular complexity index is 1470. The van der Waals surface area contributed by atoms with E-state index in [4.69, 9.17) is 16.3 Å². The summed E-state index contributed by atoms with van der Waals surface area (Å²) >= 11 is 5.65. The number of H-pyrrole nitrogens is 1. The Morgan fingerprint density at radius 1 is 1.07 bits per heavy atom. The van der Waals surface area contributed by atoms with Crippen LogP contribution < -0.4 is 15.4 Å². The standard InChI is InChI=1S/C29H30ClF3N6O2/c1-39(2)13-12-34-17-21-18-36-28(38-21)26-16-23(10-11-35-26)41-22-5-3-4-19(14-22)6-9-27(40)37-20-7-8-25(30)24(15-20)29(31,32)33/h3-5,7-8,10-11,14-16,18,34H,6,9,12-13,17H2,1-2H3,(H,36,38)(H,37,40). The minimum atomic E-state index is -4.61. The molecule has 0 unspecified atom stereocenters. The molecule has 216 valence electrons. The Labute approximate surface area is 240 Å². The van der Waals surface area contributed by atoms with Crippen molar-refractivity contribution in [2.24, 2.45) is 0 Å².